The van der Waals surface area contributed by atoms with Crippen LogP contribution in [0.15, 0.2) is 17.3 Å². The third kappa shape index (κ3) is 2.13. The highest BCUT2D eigenvalue weighted by Crippen LogP contribution is 2.21. The van der Waals surface area contributed by atoms with E-state index in [1.54, 1.807) is 13.2 Å². The summed E-state index contributed by atoms with van der Waals surface area (Å²) in [6, 6.07) is 0. The van der Waals surface area contributed by atoms with E-state index in [-0.39, 0.29) is 18.1 Å². The molecule has 0 amide bonds. The maximum Gasteiger partial charge on any atom is 0.277 e. The first-order valence-corrected chi connectivity index (χ1v) is 6.63. The number of nitrogens with one attached hydrogen (secondary N) is 1. The van der Waals surface area contributed by atoms with Crippen LogP contribution in [0.1, 0.15) is 5.56 Å². The van der Waals surface area contributed by atoms with Gasteiger partial charge in [0, 0.05) is 51.0 Å². The Morgan fingerprint density at radius 1 is 1.50 bits per heavy atom. The molecule has 0 spiro atoms. The molecule has 0 aliphatic carbocycles. The van der Waals surface area contributed by atoms with E-state index in [2.05, 4.69) is 14.9 Å². The molecule has 0 unspecified atom stereocenters. The molecule has 20 heavy (non-hydrogen) atoms. The van der Waals surface area contributed by atoms with Crippen LogP contribution in [-0.2, 0) is 13.6 Å². The molecule has 7 heteroatoms. The fourth-order valence-electron chi connectivity index (χ4n) is 2.75. The molecule has 2 aromatic rings. The number of nitrogens with zero attached hydrogens (tertiary/aromatic N) is 3. The fraction of sp³-hybridized carbons (Fsp3) is 0.538. The van der Waals surface area contributed by atoms with E-state index in [1.165, 1.54) is 10.9 Å². The summed E-state index contributed by atoms with van der Waals surface area (Å²) in [6.45, 7) is 1.77. The van der Waals surface area contributed by atoms with Crippen molar-refractivity contribution in [2.24, 2.45) is 13.0 Å². The van der Waals surface area contributed by atoms with E-state index in [1.807, 2.05) is 0 Å². The number of H-pyrrole nitrogens is 1. The molecule has 2 aromatic heterocycles. The molecule has 3 rings (SSSR count). The SMILES string of the molecule is Cn1cnc2c(CN3C[C@H](CO)[C@@H](O)C3)c[nH]c2c1=O. The molecule has 1 aliphatic rings. The topological polar surface area (TPSA) is 94.4 Å². The van der Waals surface area contributed by atoms with Crippen molar-refractivity contribution in [3.63, 3.8) is 0 Å². The fourth-order valence-corrected chi connectivity index (χ4v) is 2.75. The van der Waals surface area contributed by atoms with Gasteiger partial charge < -0.3 is 19.8 Å². The largest absolute Gasteiger partial charge is 0.396 e. The Kier molecular flexibility index (Phi) is 3.33. The minimum Gasteiger partial charge on any atom is -0.396 e. The van der Waals surface area contributed by atoms with Crippen LogP contribution < -0.4 is 5.56 Å². The number of aromatic amines is 1. The van der Waals surface area contributed by atoms with Crippen molar-refractivity contribution in [3.8, 4) is 0 Å². The zero-order valence-corrected chi connectivity index (χ0v) is 11.3. The van der Waals surface area contributed by atoms with Gasteiger partial charge >= 0.3 is 0 Å². The third-order valence-corrected chi connectivity index (χ3v) is 3.94. The highest BCUT2D eigenvalue weighted by molar-refractivity contribution is 5.77. The van der Waals surface area contributed by atoms with Crippen molar-refractivity contribution in [3.05, 3.63) is 28.4 Å². The second kappa shape index (κ2) is 5.01. The van der Waals surface area contributed by atoms with Crippen LogP contribution in [0.25, 0.3) is 11.0 Å². The standard InChI is InChI=1S/C13H18N4O3/c1-16-7-15-11-8(2-14-12(11)13(16)20)3-17-4-9(6-18)10(19)5-17/h2,7,9-10,14,18-19H,3-6H2,1H3/t9-,10+/m1/s1. The zero-order chi connectivity index (χ0) is 14.3. The summed E-state index contributed by atoms with van der Waals surface area (Å²) in [6.07, 6.45) is 2.81. The lowest BCUT2D eigenvalue weighted by Crippen LogP contribution is -2.21. The minimum absolute atomic E-state index is 0.00958. The smallest absolute Gasteiger partial charge is 0.277 e. The summed E-state index contributed by atoms with van der Waals surface area (Å²) in [4.78, 5) is 21.3. The van der Waals surface area contributed by atoms with Crippen LogP contribution >= 0.6 is 0 Å². The van der Waals surface area contributed by atoms with Gasteiger partial charge in [0.2, 0.25) is 0 Å². The van der Waals surface area contributed by atoms with Gasteiger partial charge in [0.15, 0.2) is 0 Å². The Morgan fingerprint density at radius 3 is 3.00 bits per heavy atom. The lowest BCUT2D eigenvalue weighted by molar-refractivity contribution is 0.103. The predicted octanol–water partition coefficient (Wildman–Crippen LogP) is -0.953. The van der Waals surface area contributed by atoms with Crippen molar-refractivity contribution in [1.82, 2.24) is 19.4 Å². The molecule has 0 radical (unpaired) electrons. The van der Waals surface area contributed by atoms with Gasteiger partial charge in [0.25, 0.3) is 5.56 Å². The maximum absolute atomic E-state index is 11.9. The summed E-state index contributed by atoms with van der Waals surface area (Å²) in [7, 11) is 1.66. The van der Waals surface area contributed by atoms with Gasteiger partial charge in [0.05, 0.1) is 17.9 Å². The Hall–Kier alpha value is -1.70. The Labute approximate surface area is 115 Å². The number of aromatic nitrogens is 3. The highest BCUT2D eigenvalue weighted by atomic mass is 16.3. The average molecular weight is 278 g/mol. The van der Waals surface area contributed by atoms with Gasteiger partial charge in [-0.25, -0.2) is 4.98 Å². The second-order valence-corrected chi connectivity index (χ2v) is 5.40. The number of hydrogen-bond donors (Lipinski definition) is 3. The minimum atomic E-state index is -0.494. The number of aliphatic hydroxyl groups is 2. The molecule has 1 saturated heterocycles. The van der Waals surface area contributed by atoms with Gasteiger partial charge in [-0.15, -0.1) is 0 Å². The normalized spacial score (nSPS) is 23.8. The molecule has 1 fully saturated rings. The number of hydrogen-bond acceptors (Lipinski definition) is 5. The first-order chi connectivity index (χ1) is 9.60. The van der Waals surface area contributed by atoms with Gasteiger partial charge in [-0.2, -0.15) is 0 Å². The van der Waals surface area contributed by atoms with E-state index in [0.717, 1.165) is 5.56 Å². The summed E-state index contributed by atoms with van der Waals surface area (Å²) in [5.74, 6) is -0.0963. The Balaban J connectivity index is 1.86. The third-order valence-electron chi connectivity index (χ3n) is 3.94. The molecule has 0 saturated carbocycles. The number of likely N-dealkylation sites (tertiary alicyclic amines) is 1. The van der Waals surface area contributed by atoms with Crippen LogP contribution in [0.3, 0.4) is 0 Å². The van der Waals surface area contributed by atoms with Crippen LogP contribution in [0.4, 0.5) is 0 Å². The molecule has 0 bridgehead atoms. The monoisotopic (exact) mass is 278 g/mol. The number of fused-ring (bicyclic) bond motifs is 1. The molecule has 0 aromatic carbocycles. The predicted molar refractivity (Wildman–Crippen MR) is 73.2 cm³/mol. The van der Waals surface area contributed by atoms with Gasteiger partial charge in [-0.05, 0) is 0 Å². The van der Waals surface area contributed by atoms with Gasteiger partial charge in [-0.3, -0.25) is 9.69 Å². The van der Waals surface area contributed by atoms with E-state index in [4.69, 9.17) is 5.11 Å². The molecule has 3 heterocycles. The van der Waals surface area contributed by atoms with E-state index >= 15 is 0 Å². The highest BCUT2D eigenvalue weighted by Gasteiger charge is 2.31. The molecule has 2 atom stereocenters. The number of aryl methyl sites for hydroxylation is 1. The van der Waals surface area contributed by atoms with Crippen molar-refractivity contribution >= 4 is 11.0 Å². The van der Waals surface area contributed by atoms with Crippen LogP contribution in [0.5, 0.6) is 0 Å². The van der Waals surface area contributed by atoms with Gasteiger partial charge in [-0.1, -0.05) is 0 Å². The maximum atomic E-state index is 11.9. The van der Waals surface area contributed by atoms with Crippen molar-refractivity contribution in [2.45, 2.75) is 12.6 Å². The summed E-state index contributed by atoms with van der Waals surface area (Å²) < 4.78 is 1.43. The van der Waals surface area contributed by atoms with Crippen molar-refractivity contribution < 1.29 is 10.2 Å². The summed E-state index contributed by atoms with van der Waals surface area (Å²) in [5.41, 5.74) is 2.01. The average Bonchev–Trinajstić information content (AvgIpc) is 2.99. The van der Waals surface area contributed by atoms with Crippen molar-refractivity contribution in [2.75, 3.05) is 19.7 Å². The van der Waals surface area contributed by atoms with Crippen molar-refractivity contribution in [1.29, 1.82) is 0 Å². The molecular weight excluding hydrogens is 260 g/mol. The first-order valence-electron chi connectivity index (χ1n) is 6.63. The molecule has 1 aliphatic heterocycles. The Morgan fingerprint density at radius 2 is 2.30 bits per heavy atom. The van der Waals surface area contributed by atoms with Crippen LogP contribution in [-0.4, -0.2) is 55.4 Å². The first kappa shape index (κ1) is 13.3. The van der Waals surface area contributed by atoms with Crippen LogP contribution in [0.2, 0.25) is 0 Å². The number of rotatable bonds is 3. The van der Waals surface area contributed by atoms with E-state index in [0.29, 0.717) is 30.7 Å². The summed E-state index contributed by atoms with van der Waals surface area (Å²) in [5, 5.41) is 19.0. The molecular formula is C13H18N4O3. The lowest BCUT2D eigenvalue weighted by Gasteiger charge is -2.14. The molecule has 108 valence electrons. The Bertz CT molecular complexity index is 678. The summed E-state index contributed by atoms with van der Waals surface area (Å²) >= 11 is 0. The van der Waals surface area contributed by atoms with E-state index in [9.17, 15) is 9.90 Å². The number of aliphatic hydroxyl groups excluding tert-OH is 2. The molecule has 7 nitrogen and oxygen atoms in total. The van der Waals surface area contributed by atoms with Crippen LogP contribution in [0, 0.1) is 5.92 Å². The van der Waals surface area contributed by atoms with Gasteiger partial charge in [0.1, 0.15) is 5.52 Å². The van der Waals surface area contributed by atoms with E-state index < -0.39 is 6.10 Å². The zero-order valence-electron chi connectivity index (χ0n) is 11.3. The molecule has 3 N–H and O–H groups in total. The second-order valence-electron chi connectivity index (χ2n) is 5.40. The quantitative estimate of drug-likeness (QED) is 0.673. The lowest BCUT2D eigenvalue weighted by atomic mass is 10.1. The number of β-amino-alcohol motifs (C(OH)–C–C–N with tert-alkyl or cyclic N) is 1.